The van der Waals surface area contributed by atoms with Crippen molar-refractivity contribution in [1.29, 1.82) is 0 Å². The van der Waals surface area contributed by atoms with E-state index in [2.05, 4.69) is 29.4 Å². The lowest BCUT2D eigenvalue weighted by molar-refractivity contribution is 0.0731. The summed E-state index contributed by atoms with van der Waals surface area (Å²) in [4.78, 5) is 0. The molecular formula is C16H21N3O. The smallest absolute Gasteiger partial charge is 0.129 e. The lowest BCUT2D eigenvalue weighted by Gasteiger charge is -2.12. The molecule has 1 heterocycles. The molecule has 2 aromatic rings. The number of ether oxygens (including phenoxy) is 1. The van der Waals surface area contributed by atoms with Gasteiger partial charge in [0.05, 0.1) is 11.8 Å². The first kappa shape index (κ1) is 13.2. The topological polar surface area (TPSA) is 53.1 Å². The van der Waals surface area contributed by atoms with Crippen molar-refractivity contribution in [3.05, 3.63) is 36.0 Å². The summed E-state index contributed by atoms with van der Waals surface area (Å²) in [6.07, 6.45) is 6.39. The van der Waals surface area contributed by atoms with Crippen molar-refractivity contribution in [3.63, 3.8) is 0 Å². The van der Waals surface area contributed by atoms with Crippen molar-refractivity contribution in [2.45, 2.75) is 31.3 Å². The van der Waals surface area contributed by atoms with Gasteiger partial charge in [-0.05, 0) is 36.8 Å². The van der Waals surface area contributed by atoms with Crippen LogP contribution in [-0.2, 0) is 18.2 Å². The molecule has 0 aliphatic heterocycles. The van der Waals surface area contributed by atoms with Crippen molar-refractivity contribution in [2.24, 2.45) is 7.05 Å². The minimum Gasteiger partial charge on any atom is -0.383 e. The lowest BCUT2D eigenvalue weighted by Crippen LogP contribution is -2.12. The monoisotopic (exact) mass is 271 g/mol. The van der Waals surface area contributed by atoms with Crippen molar-refractivity contribution < 1.29 is 4.74 Å². The fourth-order valence-corrected chi connectivity index (χ4v) is 2.59. The SMILES string of the molecule is COC1(CCc2ccc(-c3cnn(C)c3N)cc2)CC1. The average Bonchev–Trinajstić information content (AvgIpc) is 3.19. The molecule has 4 nitrogen and oxygen atoms in total. The van der Waals surface area contributed by atoms with Gasteiger partial charge in [0.15, 0.2) is 0 Å². The maximum atomic E-state index is 6.00. The number of nitrogens with zero attached hydrogens (tertiary/aromatic N) is 2. The number of aromatic nitrogens is 2. The molecule has 1 saturated carbocycles. The van der Waals surface area contributed by atoms with E-state index in [4.69, 9.17) is 10.5 Å². The third kappa shape index (κ3) is 2.43. The average molecular weight is 271 g/mol. The molecular weight excluding hydrogens is 250 g/mol. The number of benzene rings is 1. The Morgan fingerprint density at radius 2 is 2.00 bits per heavy atom. The summed E-state index contributed by atoms with van der Waals surface area (Å²) in [5, 5.41) is 4.18. The first-order valence-corrected chi connectivity index (χ1v) is 7.05. The van der Waals surface area contributed by atoms with E-state index in [1.807, 2.05) is 20.4 Å². The van der Waals surface area contributed by atoms with Crippen molar-refractivity contribution in [1.82, 2.24) is 9.78 Å². The molecule has 0 atom stereocenters. The third-order valence-electron chi connectivity index (χ3n) is 4.36. The van der Waals surface area contributed by atoms with Crippen LogP contribution in [0.5, 0.6) is 0 Å². The Hall–Kier alpha value is -1.81. The van der Waals surface area contributed by atoms with Gasteiger partial charge in [0.2, 0.25) is 0 Å². The van der Waals surface area contributed by atoms with E-state index in [9.17, 15) is 0 Å². The molecule has 0 unspecified atom stereocenters. The highest BCUT2D eigenvalue weighted by Crippen LogP contribution is 2.42. The van der Waals surface area contributed by atoms with Gasteiger partial charge in [-0.1, -0.05) is 24.3 Å². The molecule has 106 valence electrons. The van der Waals surface area contributed by atoms with Crippen LogP contribution in [0.3, 0.4) is 0 Å². The summed E-state index contributed by atoms with van der Waals surface area (Å²) in [7, 11) is 3.67. The zero-order chi connectivity index (χ0) is 14.2. The van der Waals surface area contributed by atoms with Crippen molar-refractivity contribution >= 4 is 5.82 Å². The predicted molar refractivity (Wildman–Crippen MR) is 80.4 cm³/mol. The van der Waals surface area contributed by atoms with E-state index < -0.39 is 0 Å². The quantitative estimate of drug-likeness (QED) is 0.909. The Morgan fingerprint density at radius 3 is 2.50 bits per heavy atom. The highest BCUT2D eigenvalue weighted by Gasteiger charge is 2.42. The number of aryl methyl sites for hydroxylation is 2. The van der Waals surface area contributed by atoms with E-state index in [-0.39, 0.29) is 5.60 Å². The fourth-order valence-electron chi connectivity index (χ4n) is 2.59. The van der Waals surface area contributed by atoms with Crippen molar-refractivity contribution in [2.75, 3.05) is 12.8 Å². The first-order valence-electron chi connectivity index (χ1n) is 7.05. The van der Waals surface area contributed by atoms with Gasteiger partial charge in [-0.2, -0.15) is 5.10 Å². The molecule has 1 aliphatic rings. The standard InChI is InChI=1S/C16H21N3O/c1-19-15(17)14(11-18-19)13-5-3-12(4-6-13)7-8-16(20-2)9-10-16/h3-6,11H,7-10,17H2,1-2H3. The second-order valence-electron chi connectivity index (χ2n) is 5.65. The highest BCUT2D eigenvalue weighted by molar-refractivity contribution is 5.73. The van der Waals surface area contributed by atoms with Gasteiger partial charge in [0.1, 0.15) is 5.82 Å². The fraction of sp³-hybridized carbons (Fsp3) is 0.438. The second-order valence-corrected chi connectivity index (χ2v) is 5.65. The second kappa shape index (κ2) is 4.94. The summed E-state index contributed by atoms with van der Waals surface area (Å²) in [5.41, 5.74) is 9.63. The van der Waals surface area contributed by atoms with Gasteiger partial charge in [-0.25, -0.2) is 0 Å². The molecule has 20 heavy (non-hydrogen) atoms. The maximum absolute atomic E-state index is 6.00. The van der Waals surface area contributed by atoms with Gasteiger partial charge in [-0.3, -0.25) is 4.68 Å². The number of nitrogens with two attached hydrogens (primary N) is 1. The molecule has 1 aromatic heterocycles. The molecule has 4 heteroatoms. The summed E-state index contributed by atoms with van der Waals surface area (Å²) in [6.45, 7) is 0. The Morgan fingerprint density at radius 1 is 1.30 bits per heavy atom. The van der Waals surface area contributed by atoms with E-state index in [0.29, 0.717) is 5.82 Å². The van der Waals surface area contributed by atoms with E-state index >= 15 is 0 Å². The number of hydrogen-bond acceptors (Lipinski definition) is 3. The summed E-state index contributed by atoms with van der Waals surface area (Å²) < 4.78 is 7.25. The third-order valence-corrected chi connectivity index (χ3v) is 4.36. The Bertz CT molecular complexity index is 597. The van der Waals surface area contributed by atoms with Crippen LogP contribution in [0.25, 0.3) is 11.1 Å². The highest BCUT2D eigenvalue weighted by atomic mass is 16.5. The number of methoxy groups -OCH3 is 1. The maximum Gasteiger partial charge on any atom is 0.129 e. The molecule has 0 radical (unpaired) electrons. The number of hydrogen-bond donors (Lipinski definition) is 1. The molecule has 1 aliphatic carbocycles. The Balaban J connectivity index is 1.70. The van der Waals surface area contributed by atoms with Crippen LogP contribution >= 0.6 is 0 Å². The van der Waals surface area contributed by atoms with Crippen molar-refractivity contribution in [3.8, 4) is 11.1 Å². The molecule has 0 spiro atoms. The predicted octanol–water partition coefficient (Wildman–Crippen LogP) is 2.78. The van der Waals surface area contributed by atoms with Gasteiger partial charge >= 0.3 is 0 Å². The van der Waals surface area contributed by atoms with Gasteiger partial charge in [0.25, 0.3) is 0 Å². The molecule has 3 rings (SSSR count). The minimum atomic E-state index is 0.173. The number of rotatable bonds is 5. The molecule has 0 saturated heterocycles. The lowest BCUT2D eigenvalue weighted by atomic mass is 10.0. The number of anilines is 1. The van der Waals surface area contributed by atoms with Gasteiger partial charge in [-0.15, -0.1) is 0 Å². The van der Waals surface area contributed by atoms with E-state index in [1.54, 1.807) is 4.68 Å². The van der Waals surface area contributed by atoms with Crippen LogP contribution in [0, 0.1) is 0 Å². The van der Waals surface area contributed by atoms with Gasteiger partial charge in [0, 0.05) is 19.7 Å². The minimum absolute atomic E-state index is 0.173. The summed E-state index contributed by atoms with van der Waals surface area (Å²) in [5.74, 6) is 0.703. The van der Waals surface area contributed by atoms with Crippen LogP contribution in [0.15, 0.2) is 30.5 Å². The molecule has 1 fully saturated rings. The first-order chi connectivity index (χ1) is 9.63. The van der Waals surface area contributed by atoms with E-state index in [1.165, 1.54) is 18.4 Å². The van der Waals surface area contributed by atoms with Crippen LogP contribution < -0.4 is 5.73 Å². The van der Waals surface area contributed by atoms with Crippen LogP contribution in [0.2, 0.25) is 0 Å². The molecule has 1 aromatic carbocycles. The Kier molecular flexibility index (Phi) is 3.26. The molecule has 2 N–H and O–H groups in total. The largest absolute Gasteiger partial charge is 0.383 e. The molecule has 0 amide bonds. The zero-order valence-electron chi connectivity index (χ0n) is 12.1. The number of nitrogen functional groups attached to an aromatic ring is 1. The van der Waals surface area contributed by atoms with Crippen LogP contribution in [0.1, 0.15) is 24.8 Å². The normalized spacial score (nSPS) is 16.3. The molecule has 0 bridgehead atoms. The van der Waals surface area contributed by atoms with Crippen LogP contribution in [-0.4, -0.2) is 22.5 Å². The van der Waals surface area contributed by atoms with Gasteiger partial charge < -0.3 is 10.5 Å². The summed E-state index contributed by atoms with van der Waals surface area (Å²) in [6, 6.07) is 8.59. The van der Waals surface area contributed by atoms with Crippen LogP contribution in [0.4, 0.5) is 5.82 Å². The summed E-state index contributed by atoms with van der Waals surface area (Å²) >= 11 is 0. The Labute approximate surface area is 119 Å². The zero-order valence-corrected chi connectivity index (χ0v) is 12.1. The van der Waals surface area contributed by atoms with E-state index in [0.717, 1.165) is 24.0 Å².